The van der Waals surface area contributed by atoms with E-state index in [-0.39, 0.29) is 40.9 Å². The van der Waals surface area contributed by atoms with Crippen LogP contribution in [0, 0.1) is 5.82 Å². The number of hydrogen-bond acceptors (Lipinski definition) is 4. The van der Waals surface area contributed by atoms with Crippen LogP contribution in [0.5, 0.6) is 0 Å². The van der Waals surface area contributed by atoms with E-state index in [0.29, 0.717) is 5.82 Å². The molecule has 1 aromatic heterocycles. The lowest BCUT2D eigenvalue weighted by molar-refractivity contribution is -0.136. The predicted octanol–water partition coefficient (Wildman–Crippen LogP) is 6.09. The highest BCUT2D eigenvalue weighted by Gasteiger charge is 2.27. The van der Waals surface area contributed by atoms with Crippen molar-refractivity contribution in [2.45, 2.75) is 57.5 Å². The molecule has 0 bridgehead atoms. The Morgan fingerprint density at radius 3 is 2.47 bits per heavy atom. The summed E-state index contributed by atoms with van der Waals surface area (Å²) >= 11 is 6.08. The number of nitrogens with zero attached hydrogens (tertiary/aromatic N) is 2. The van der Waals surface area contributed by atoms with Crippen molar-refractivity contribution >= 4 is 23.5 Å². The summed E-state index contributed by atoms with van der Waals surface area (Å²) in [5, 5.41) is 9.24. The maximum absolute atomic E-state index is 15.3. The lowest BCUT2D eigenvalue weighted by Gasteiger charge is -2.19. The number of esters is 1. The number of rotatable bonds is 7. The zero-order chi connectivity index (χ0) is 24.1. The number of ether oxygens (including phenoxy) is 1. The highest BCUT2D eigenvalue weighted by atomic mass is 35.5. The second-order valence-corrected chi connectivity index (χ2v) is 8.95. The Bertz CT molecular complexity index is 1170. The van der Waals surface area contributed by atoms with Crippen molar-refractivity contribution in [2.24, 2.45) is 0 Å². The average Bonchev–Trinajstić information content (AvgIpc) is 3.07. The first-order valence-corrected chi connectivity index (χ1v) is 11.8. The van der Waals surface area contributed by atoms with Crippen LogP contribution in [-0.2, 0) is 22.6 Å². The lowest BCUT2D eigenvalue weighted by atomic mass is 9.99. The van der Waals surface area contributed by atoms with Gasteiger partial charge in [0.1, 0.15) is 12.4 Å². The minimum Gasteiger partial charge on any atom is -0.481 e. The van der Waals surface area contributed by atoms with Gasteiger partial charge in [0.15, 0.2) is 11.5 Å². The third kappa shape index (κ3) is 5.47. The summed E-state index contributed by atoms with van der Waals surface area (Å²) in [6.07, 6.45) is 6.99. The van der Waals surface area contributed by atoms with Crippen molar-refractivity contribution < 1.29 is 23.8 Å². The van der Waals surface area contributed by atoms with E-state index >= 15 is 4.39 Å². The van der Waals surface area contributed by atoms with Gasteiger partial charge in [0, 0.05) is 12.1 Å². The van der Waals surface area contributed by atoms with Crippen LogP contribution in [0.4, 0.5) is 4.39 Å². The van der Waals surface area contributed by atoms with E-state index in [2.05, 4.69) is 4.98 Å². The van der Waals surface area contributed by atoms with Crippen molar-refractivity contribution in [1.29, 1.82) is 0 Å². The topological polar surface area (TPSA) is 81.4 Å². The second-order valence-electron chi connectivity index (χ2n) is 8.54. The van der Waals surface area contributed by atoms with E-state index in [1.807, 2.05) is 30.3 Å². The van der Waals surface area contributed by atoms with E-state index in [1.165, 1.54) is 22.9 Å². The number of carboxylic acids is 1. The second kappa shape index (κ2) is 10.8. The minimum atomic E-state index is -1.10. The largest absolute Gasteiger partial charge is 0.481 e. The van der Waals surface area contributed by atoms with Gasteiger partial charge in [0.25, 0.3) is 0 Å². The van der Waals surface area contributed by atoms with Gasteiger partial charge < -0.3 is 9.84 Å². The van der Waals surface area contributed by atoms with Crippen molar-refractivity contribution in [3.05, 3.63) is 82.1 Å². The number of carbonyl (C=O) groups excluding carboxylic acids is 1. The number of imidazole rings is 1. The zero-order valence-corrected chi connectivity index (χ0v) is 19.4. The fourth-order valence-electron chi connectivity index (χ4n) is 4.44. The fraction of sp³-hybridized carbons (Fsp3) is 0.346. The number of hydrogen-bond donors (Lipinski definition) is 1. The van der Waals surface area contributed by atoms with Gasteiger partial charge in [-0.2, -0.15) is 0 Å². The van der Waals surface area contributed by atoms with Gasteiger partial charge >= 0.3 is 11.9 Å². The number of carbonyl (C=O) groups is 2. The molecule has 6 nitrogen and oxygen atoms in total. The van der Waals surface area contributed by atoms with Gasteiger partial charge in [0.2, 0.25) is 0 Å². The number of benzene rings is 2. The summed E-state index contributed by atoms with van der Waals surface area (Å²) in [6, 6.07) is 12.1. The molecule has 4 rings (SSSR count). The van der Waals surface area contributed by atoms with Gasteiger partial charge in [-0.3, -0.25) is 9.36 Å². The molecule has 8 heteroatoms. The van der Waals surface area contributed by atoms with Gasteiger partial charge in [-0.15, -0.1) is 0 Å². The van der Waals surface area contributed by atoms with Crippen LogP contribution in [-0.4, -0.2) is 26.6 Å². The molecule has 0 saturated heterocycles. The van der Waals surface area contributed by atoms with Crippen LogP contribution in [0.25, 0.3) is 5.69 Å². The van der Waals surface area contributed by atoms with Crippen LogP contribution in [0.1, 0.15) is 71.9 Å². The molecule has 0 radical (unpaired) electrons. The molecule has 0 atom stereocenters. The molecule has 1 N–H and O–H groups in total. The van der Waals surface area contributed by atoms with Gasteiger partial charge in [-0.05, 0) is 30.0 Å². The predicted molar refractivity (Wildman–Crippen MR) is 126 cm³/mol. The van der Waals surface area contributed by atoms with Crippen molar-refractivity contribution in [3.8, 4) is 5.69 Å². The molecule has 0 unspecified atom stereocenters. The monoisotopic (exact) mass is 484 g/mol. The van der Waals surface area contributed by atoms with Crippen molar-refractivity contribution in [2.75, 3.05) is 0 Å². The SMILES string of the molecule is O=C(O)Cc1ccc(Cl)c(F)c1-n1cc(C(=O)OCc2ccccc2)nc1C1CCCCCC1. The molecule has 0 aliphatic heterocycles. The lowest BCUT2D eigenvalue weighted by Crippen LogP contribution is -2.13. The van der Waals surface area contributed by atoms with E-state index in [9.17, 15) is 14.7 Å². The first kappa shape index (κ1) is 24.0. The molecule has 0 spiro atoms. The van der Waals surface area contributed by atoms with E-state index in [1.54, 1.807) is 0 Å². The standard InChI is InChI=1S/C26H26ClFN2O4/c27-20-13-12-19(14-22(31)32)24(23(20)28)30-15-21(26(33)34-16-17-8-4-3-5-9-17)29-25(30)18-10-6-1-2-7-11-18/h3-5,8-9,12-13,15,18H,1-2,6-7,10-11,14,16H2,(H,31,32). The molecular formula is C26H26ClFN2O4. The summed E-state index contributed by atoms with van der Waals surface area (Å²) in [4.78, 5) is 28.9. The maximum Gasteiger partial charge on any atom is 0.358 e. The fourth-order valence-corrected chi connectivity index (χ4v) is 4.59. The van der Waals surface area contributed by atoms with Crippen LogP contribution in [0.3, 0.4) is 0 Å². The molecule has 178 valence electrons. The average molecular weight is 485 g/mol. The first-order valence-electron chi connectivity index (χ1n) is 11.4. The van der Waals surface area contributed by atoms with Crippen molar-refractivity contribution in [3.63, 3.8) is 0 Å². The Kier molecular flexibility index (Phi) is 7.63. The molecule has 1 aliphatic rings. The number of aromatic nitrogens is 2. The number of halogens is 2. The summed E-state index contributed by atoms with van der Waals surface area (Å²) in [7, 11) is 0. The molecule has 1 saturated carbocycles. The van der Waals surface area contributed by atoms with Crippen LogP contribution >= 0.6 is 11.6 Å². The maximum atomic E-state index is 15.3. The highest BCUT2D eigenvalue weighted by Crippen LogP contribution is 2.35. The number of carboxylic acid groups (broad SMARTS) is 1. The first-order chi connectivity index (χ1) is 16.4. The molecule has 2 aromatic carbocycles. The molecule has 0 amide bonds. The third-order valence-electron chi connectivity index (χ3n) is 6.11. The Morgan fingerprint density at radius 1 is 1.09 bits per heavy atom. The number of aliphatic carboxylic acids is 1. The van der Waals surface area contributed by atoms with Gasteiger partial charge in [0.05, 0.1) is 17.1 Å². The molecule has 3 aromatic rings. The Labute approximate surface area is 202 Å². The Balaban J connectivity index is 1.75. The van der Waals surface area contributed by atoms with Crippen LogP contribution in [0.15, 0.2) is 48.7 Å². The quantitative estimate of drug-likeness (QED) is 0.324. The van der Waals surface area contributed by atoms with Crippen LogP contribution in [0.2, 0.25) is 5.02 Å². The normalized spacial score (nSPS) is 14.5. The third-order valence-corrected chi connectivity index (χ3v) is 6.40. The molecule has 1 heterocycles. The Hall–Kier alpha value is -3.19. The summed E-state index contributed by atoms with van der Waals surface area (Å²) in [6.45, 7) is 0.0844. The van der Waals surface area contributed by atoms with E-state index in [0.717, 1.165) is 44.1 Å². The highest BCUT2D eigenvalue weighted by molar-refractivity contribution is 6.31. The molecular weight excluding hydrogens is 459 g/mol. The van der Waals surface area contributed by atoms with Gasteiger partial charge in [-0.25, -0.2) is 14.2 Å². The van der Waals surface area contributed by atoms with Gasteiger partial charge in [-0.1, -0.05) is 73.7 Å². The Morgan fingerprint density at radius 2 is 1.79 bits per heavy atom. The smallest absolute Gasteiger partial charge is 0.358 e. The van der Waals surface area contributed by atoms with E-state index < -0.39 is 17.8 Å². The minimum absolute atomic E-state index is 0.00855. The van der Waals surface area contributed by atoms with E-state index in [4.69, 9.17) is 16.3 Å². The molecule has 1 fully saturated rings. The summed E-state index contributed by atoms with van der Waals surface area (Å²) in [5.74, 6) is -1.92. The summed E-state index contributed by atoms with van der Waals surface area (Å²) < 4.78 is 22.3. The molecule has 34 heavy (non-hydrogen) atoms. The van der Waals surface area contributed by atoms with Crippen molar-refractivity contribution in [1.82, 2.24) is 9.55 Å². The zero-order valence-electron chi connectivity index (χ0n) is 18.7. The summed E-state index contributed by atoms with van der Waals surface area (Å²) in [5.41, 5.74) is 1.16. The molecule has 1 aliphatic carbocycles. The van der Waals surface area contributed by atoms with Crippen LogP contribution < -0.4 is 0 Å².